The van der Waals surface area contributed by atoms with E-state index in [9.17, 15) is 8.78 Å². The molecule has 1 rings (SSSR count). The number of nitrogens with two attached hydrogens (primary N) is 1. The summed E-state index contributed by atoms with van der Waals surface area (Å²) in [5.74, 6) is 0. The first kappa shape index (κ1) is 14.9. The van der Waals surface area contributed by atoms with Crippen LogP contribution in [-0.2, 0) is 6.54 Å². The summed E-state index contributed by atoms with van der Waals surface area (Å²) in [5, 5.41) is 8.85. The SMILES string of the molecule is NC(=S)c1ncccc1CN(CCO)CC(F)F. The fraction of sp³-hybridized carbons (Fsp3) is 0.455. The minimum absolute atomic E-state index is 0.131. The molecule has 18 heavy (non-hydrogen) atoms. The third-order valence-electron chi connectivity index (χ3n) is 2.33. The highest BCUT2D eigenvalue weighted by molar-refractivity contribution is 7.80. The van der Waals surface area contributed by atoms with E-state index in [1.54, 1.807) is 18.3 Å². The maximum atomic E-state index is 12.4. The van der Waals surface area contributed by atoms with Gasteiger partial charge in [0.2, 0.25) is 0 Å². The fourth-order valence-corrected chi connectivity index (χ4v) is 1.78. The van der Waals surface area contributed by atoms with E-state index in [1.807, 2.05) is 0 Å². The zero-order valence-corrected chi connectivity index (χ0v) is 10.5. The maximum Gasteiger partial charge on any atom is 0.251 e. The molecule has 0 fully saturated rings. The summed E-state index contributed by atoms with van der Waals surface area (Å²) in [6.07, 6.45) is -0.914. The number of aliphatic hydroxyl groups is 1. The second-order valence-corrected chi connectivity index (χ2v) is 4.17. The molecular formula is C11H15F2N3OS. The molecule has 0 radical (unpaired) electrons. The molecule has 0 unspecified atom stereocenters. The van der Waals surface area contributed by atoms with Crippen LogP contribution >= 0.6 is 12.2 Å². The van der Waals surface area contributed by atoms with Crippen molar-refractivity contribution < 1.29 is 13.9 Å². The molecule has 0 aliphatic carbocycles. The Kier molecular flexibility index (Phi) is 6.03. The van der Waals surface area contributed by atoms with Crippen molar-refractivity contribution in [2.75, 3.05) is 19.7 Å². The quantitative estimate of drug-likeness (QED) is 0.720. The molecule has 1 heterocycles. The molecule has 1 aromatic heterocycles. The first-order chi connectivity index (χ1) is 8.54. The van der Waals surface area contributed by atoms with Crippen molar-refractivity contribution in [3.8, 4) is 0 Å². The number of aromatic nitrogens is 1. The molecular weight excluding hydrogens is 260 g/mol. The van der Waals surface area contributed by atoms with Gasteiger partial charge in [-0.1, -0.05) is 18.3 Å². The molecule has 0 saturated carbocycles. The highest BCUT2D eigenvalue weighted by Crippen LogP contribution is 2.10. The molecule has 0 aliphatic rings. The van der Waals surface area contributed by atoms with Crippen molar-refractivity contribution in [1.29, 1.82) is 0 Å². The smallest absolute Gasteiger partial charge is 0.251 e. The molecule has 0 atom stereocenters. The largest absolute Gasteiger partial charge is 0.395 e. The predicted molar refractivity (Wildman–Crippen MR) is 68.5 cm³/mol. The summed E-state index contributed by atoms with van der Waals surface area (Å²) < 4.78 is 24.8. The van der Waals surface area contributed by atoms with Gasteiger partial charge in [-0.15, -0.1) is 0 Å². The van der Waals surface area contributed by atoms with Crippen molar-refractivity contribution in [2.45, 2.75) is 13.0 Å². The van der Waals surface area contributed by atoms with Crippen LogP contribution in [0.5, 0.6) is 0 Å². The highest BCUT2D eigenvalue weighted by Gasteiger charge is 2.15. The van der Waals surface area contributed by atoms with Gasteiger partial charge in [-0.05, 0) is 11.6 Å². The monoisotopic (exact) mass is 275 g/mol. The van der Waals surface area contributed by atoms with E-state index in [2.05, 4.69) is 4.98 Å². The Morgan fingerprint density at radius 1 is 1.56 bits per heavy atom. The molecule has 0 aromatic carbocycles. The summed E-state index contributed by atoms with van der Waals surface area (Å²) in [7, 11) is 0. The van der Waals surface area contributed by atoms with E-state index in [0.29, 0.717) is 11.3 Å². The van der Waals surface area contributed by atoms with Crippen LogP contribution in [0.1, 0.15) is 11.3 Å². The van der Waals surface area contributed by atoms with E-state index >= 15 is 0 Å². The molecule has 0 bridgehead atoms. The van der Waals surface area contributed by atoms with Gasteiger partial charge >= 0.3 is 0 Å². The van der Waals surface area contributed by atoms with E-state index in [-0.39, 0.29) is 24.7 Å². The van der Waals surface area contributed by atoms with Crippen LogP contribution < -0.4 is 5.73 Å². The zero-order valence-electron chi connectivity index (χ0n) is 9.72. The molecule has 0 saturated heterocycles. The fourth-order valence-electron chi connectivity index (χ4n) is 1.60. The van der Waals surface area contributed by atoms with Crippen LogP contribution in [0.4, 0.5) is 8.78 Å². The van der Waals surface area contributed by atoms with E-state index in [0.717, 1.165) is 0 Å². The maximum absolute atomic E-state index is 12.4. The Morgan fingerprint density at radius 2 is 2.28 bits per heavy atom. The lowest BCUT2D eigenvalue weighted by Crippen LogP contribution is -2.32. The number of hydrogen-bond acceptors (Lipinski definition) is 4. The van der Waals surface area contributed by atoms with Crippen LogP contribution in [0.3, 0.4) is 0 Å². The number of halogens is 2. The van der Waals surface area contributed by atoms with Gasteiger partial charge in [-0.2, -0.15) is 0 Å². The topological polar surface area (TPSA) is 62.4 Å². The molecule has 0 amide bonds. The van der Waals surface area contributed by atoms with Crippen LogP contribution in [0.25, 0.3) is 0 Å². The average Bonchev–Trinajstić information content (AvgIpc) is 2.28. The van der Waals surface area contributed by atoms with Crippen LogP contribution in [0, 0.1) is 0 Å². The predicted octanol–water partition coefficient (Wildman–Crippen LogP) is 0.775. The van der Waals surface area contributed by atoms with Gasteiger partial charge in [-0.3, -0.25) is 9.88 Å². The Morgan fingerprint density at radius 3 is 2.83 bits per heavy atom. The third-order valence-corrected chi connectivity index (χ3v) is 2.52. The van der Waals surface area contributed by atoms with Gasteiger partial charge in [0.1, 0.15) is 10.7 Å². The van der Waals surface area contributed by atoms with Crippen molar-refractivity contribution in [1.82, 2.24) is 9.88 Å². The van der Waals surface area contributed by atoms with Crippen LogP contribution in [0.2, 0.25) is 0 Å². The standard InChI is InChI=1S/C11H15F2N3OS/c12-9(13)7-16(4-5-17)6-8-2-1-3-15-10(8)11(14)18/h1-3,9,17H,4-7H2,(H2,14,18). The molecule has 1 aromatic rings. The number of thiocarbonyl (C=S) groups is 1. The summed E-state index contributed by atoms with van der Waals surface area (Å²) >= 11 is 4.85. The van der Waals surface area contributed by atoms with Crippen LogP contribution in [-0.4, -0.2) is 46.1 Å². The minimum Gasteiger partial charge on any atom is -0.395 e. The second kappa shape index (κ2) is 7.30. The molecule has 7 heteroatoms. The third kappa shape index (κ3) is 4.59. The van der Waals surface area contributed by atoms with Crippen molar-refractivity contribution >= 4 is 17.2 Å². The van der Waals surface area contributed by atoms with Gasteiger partial charge in [0.25, 0.3) is 6.43 Å². The zero-order chi connectivity index (χ0) is 13.5. The second-order valence-electron chi connectivity index (χ2n) is 3.73. The Balaban J connectivity index is 2.82. The molecule has 4 nitrogen and oxygen atoms in total. The summed E-state index contributed by atoms with van der Waals surface area (Å²) in [6.45, 7) is -0.205. The van der Waals surface area contributed by atoms with Crippen molar-refractivity contribution in [3.63, 3.8) is 0 Å². The normalized spacial score (nSPS) is 11.2. The molecule has 100 valence electrons. The Bertz CT molecular complexity index is 404. The van der Waals surface area contributed by atoms with Crippen molar-refractivity contribution in [3.05, 3.63) is 29.6 Å². The van der Waals surface area contributed by atoms with E-state index < -0.39 is 13.0 Å². The number of rotatable bonds is 7. The van der Waals surface area contributed by atoms with Crippen molar-refractivity contribution in [2.24, 2.45) is 5.73 Å². The number of pyridine rings is 1. The highest BCUT2D eigenvalue weighted by atomic mass is 32.1. The molecule has 0 spiro atoms. The Labute approximate surface area is 109 Å². The average molecular weight is 275 g/mol. The Hall–Kier alpha value is -1.18. The lowest BCUT2D eigenvalue weighted by molar-refractivity contribution is 0.0746. The van der Waals surface area contributed by atoms with Gasteiger partial charge in [0, 0.05) is 19.3 Å². The summed E-state index contributed by atoms with van der Waals surface area (Å²) in [4.78, 5) is 5.59. The van der Waals surface area contributed by atoms with Gasteiger partial charge in [-0.25, -0.2) is 8.78 Å². The number of nitrogens with zero attached hydrogens (tertiary/aromatic N) is 2. The van der Waals surface area contributed by atoms with Gasteiger partial charge < -0.3 is 10.8 Å². The summed E-state index contributed by atoms with van der Waals surface area (Å²) in [6, 6.07) is 3.42. The van der Waals surface area contributed by atoms with Crippen LogP contribution in [0.15, 0.2) is 18.3 Å². The number of alkyl halides is 2. The first-order valence-corrected chi connectivity index (χ1v) is 5.80. The number of hydrogen-bond donors (Lipinski definition) is 2. The lowest BCUT2D eigenvalue weighted by atomic mass is 10.1. The number of aliphatic hydroxyl groups excluding tert-OH is 1. The van der Waals surface area contributed by atoms with E-state index in [4.69, 9.17) is 23.1 Å². The van der Waals surface area contributed by atoms with Gasteiger partial charge in [0.15, 0.2) is 0 Å². The van der Waals surface area contributed by atoms with Gasteiger partial charge in [0.05, 0.1) is 13.2 Å². The molecule has 3 N–H and O–H groups in total. The molecule has 0 aliphatic heterocycles. The van der Waals surface area contributed by atoms with E-state index in [1.165, 1.54) is 4.90 Å². The minimum atomic E-state index is -2.46. The summed E-state index contributed by atoms with van der Waals surface area (Å²) in [5.41, 5.74) is 6.63. The first-order valence-electron chi connectivity index (χ1n) is 5.39. The lowest BCUT2D eigenvalue weighted by Gasteiger charge is -2.21.